The number of carboxylic acid groups (broad SMARTS) is 1. The molecule has 1 aromatic rings. The molecule has 1 unspecified atom stereocenters. The minimum Gasteiger partial charge on any atom is -0.491 e. The third-order valence-electron chi connectivity index (χ3n) is 2.89. The lowest BCUT2D eigenvalue weighted by atomic mass is 10.2. The molecule has 1 aliphatic carbocycles. The number of nitrogens with zero attached hydrogens (tertiary/aromatic N) is 1. The Balaban J connectivity index is 2.22. The number of carboxylic acids is 1. The maximum Gasteiger partial charge on any atom is 0.335 e. The zero-order chi connectivity index (χ0) is 14.7. The smallest absolute Gasteiger partial charge is 0.335 e. The van der Waals surface area contributed by atoms with E-state index in [4.69, 9.17) is 14.4 Å². The maximum atomic E-state index is 11.0. The first-order valence-corrected chi connectivity index (χ1v) is 7.03. The van der Waals surface area contributed by atoms with Gasteiger partial charge in [0.05, 0.1) is 12.2 Å². The summed E-state index contributed by atoms with van der Waals surface area (Å²) in [6, 6.07) is 4.22. The van der Waals surface area contributed by atoms with Crippen LogP contribution in [0.1, 0.15) is 23.2 Å². The van der Waals surface area contributed by atoms with Crippen molar-refractivity contribution in [1.29, 1.82) is 0 Å². The largest absolute Gasteiger partial charge is 0.491 e. The molecule has 1 aromatic carbocycles. The number of hydroxylamine groups is 1. The topological polar surface area (TPSA) is 96.3 Å². The maximum absolute atomic E-state index is 11.0. The van der Waals surface area contributed by atoms with Crippen LogP contribution in [0, 0.1) is 5.92 Å². The molecule has 0 radical (unpaired) electrons. The molecule has 1 aliphatic rings. The molecular weight excluding hydrogens is 286 g/mol. The van der Waals surface area contributed by atoms with Gasteiger partial charge in [-0.15, -0.1) is 4.28 Å². The fourth-order valence-electron chi connectivity index (χ4n) is 1.65. The molecule has 110 valence electrons. The van der Waals surface area contributed by atoms with Crippen LogP contribution in [0.5, 0.6) is 5.75 Å². The summed E-state index contributed by atoms with van der Waals surface area (Å²) in [6.07, 6.45) is 2.20. The van der Waals surface area contributed by atoms with E-state index in [0.717, 1.165) is 17.9 Å². The summed E-state index contributed by atoms with van der Waals surface area (Å²) in [5.74, 6) is -0.263. The van der Waals surface area contributed by atoms with Crippen molar-refractivity contribution in [3.8, 4) is 5.75 Å². The summed E-state index contributed by atoms with van der Waals surface area (Å²) in [7, 11) is 1.44. The van der Waals surface area contributed by atoms with Crippen LogP contribution in [0.2, 0.25) is 0 Å². The second-order valence-corrected chi connectivity index (χ2v) is 5.11. The van der Waals surface area contributed by atoms with Gasteiger partial charge < -0.3 is 9.84 Å². The summed E-state index contributed by atoms with van der Waals surface area (Å²) in [5.41, 5.74) is 0.469. The Morgan fingerprint density at radius 3 is 2.75 bits per heavy atom. The highest BCUT2D eigenvalue weighted by molar-refractivity contribution is 7.74. The number of aromatic carboxylic acids is 1. The first-order chi connectivity index (χ1) is 9.47. The van der Waals surface area contributed by atoms with Gasteiger partial charge in [-0.1, -0.05) is 0 Å². The summed E-state index contributed by atoms with van der Waals surface area (Å²) in [6.45, 7) is 0.492. The number of hydrogen-bond donors (Lipinski definition) is 2. The van der Waals surface area contributed by atoms with Gasteiger partial charge in [-0.3, -0.25) is 4.55 Å². The number of carbonyl (C=O) groups is 1. The van der Waals surface area contributed by atoms with Crippen molar-refractivity contribution in [3.63, 3.8) is 0 Å². The lowest BCUT2D eigenvalue weighted by Gasteiger charge is -2.19. The van der Waals surface area contributed by atoms with Gasteiger partial charge in [-0.05, 0) is 37.0 Å². The highest BCUT2D eigenvalue weighted by Crippen LogP contribution is 2.33. The molecule has 2 rings (SSSR count). The fraction of sp³-hybridized carbons (Fsp3) is 0.417. The minimum absolute atomic E-state index is 0.0815. The normalized spacial score (nSPS) is 15.7. The van der Waals surface area contributed by atoms with E-state index in [1.807, 2.05) is 0 Å². The van der Waals surface area contributed by atoms with Gasteiger partial charge in [0.25, 0.3) is 0 Å². The molecule has 1 atom stereocenters. The van der Waals surface area contributed by atoms with Gasteiger partial charge in [0.2, 0.25) is 0 Å². The molecule has 0 bridgehead atoms. The van der Waals surface area contributed by atoms with Gasteiger partial charge in [0.15, 0.2) is 0 Å². The van der Waals surface area contributed by atoms with E-state index in [1.165, 1.54) is 25.2 Å². The van der Waals surface area contributed by atoms with E-state index in [2.05, 4.69) is 4.28 Å². The molecule has 0 saturated heterocycles. The number of anilines is 1. The Hall–Kier alpha value is -1.64. The van der Waals surface area contributed by atoms with Crippen molar-refractivity contribution in [1.82, 2.24) is 0 Å². The highest BCUT2D eigenvalue weighted by Gasteiger charge is 2.23. The van der Waals surface area contributed by atoms with E-state index in [0.29, 0.717) is 24.0 Å². The summed E-state index contributed by atoms with van der Waals surface area (Å²) in [5, 5.41) is 10.1. The molecule has 20 heavy (non-hydrogen) atoms. The average molecular weight is 301 g/mol. The molecular formula is C12H15NO6S. The first kappa shape index (κ1) is 14.8. The molecule has 7 nitrogen and oxygen atoms in total. The molecule has 0 spiro atoms. The predicted octanol–water partition coefficient (Wildman–Crippen LogP) is 1.68. The van der Waals surface area contributed by atoms with Gasteiger partial charge in [-0.25, -0.2) is 9.86 Å². The van der Waals surface area contributed by atoms with Crippen molar-refractivity contribution in [2.45, 2.75) is 12.8 Å². The molecule has 2 N–H and O–H groups in total. The predicted molar refractivity (Wildman–Crippen MR) is 71.9 cm³/mol. The Bertz CT molecular complexity index is 531. The molecule has 0 heterocycles. The van der Waals surface area contributed by atoms with Crippen molar-refractivity contribution in [3.05, 3.63) is 23.8 Å². The quantitative estimate of drug-likeness (QED) is 0.584. The van der Waals surface area contributed by atoms with Crippen LogP contribution in [0.3, 0.4) is 0 Å². The average Bonchev–Trinajstić information content (AvgIpc) is 3.19. The minimum atomic E-state index is -2.46. The van der Waals surface area contributed by atoms with Crippen LogP contribution >= 0.6 is 0 Å². The summed E-state index contributed by atoms with van der Waals surface area (Å²) < 4.78 is 29.6. The van der Waals surface area contributed by atoms with E-state index in [1.54, 1.807) is 0 Å². The summed E-state index contributed by atoms with van der Waals surface area (Å²) in [4.78, 5) is 11.0. The van der Waals surface area contributed by atoms with Gasteiger partial charge in [0.1, 0.15) is 11.4 Å². The van der Waals surface area contributed by atoms with E-state index in [9.17, 15) is 9.00 Å². The molecule has 8 heteroatoms. The van der Waals surface area contributed by atoms with Crippen LogP contribution < -0.4 is 9.80 Å². The van der Waals surface area contributed by atoms with Crippen molar-refractivity contribution in [2.24, 2.45) is 5.92 Å². The van der Waals surface area contributed by atoms with Crippen LogP contribution in [-0.4, -0.2) is 33.5 Å². The van der Waals surface area contributed by atoms with Gasteiger partial charge in [0, 0.05) is 7.05 Å². The molecule has 0 aromatic heterocycles. The molecule has 1 saturated carbocycles. The zero-order valence-electron chi connectivity index (χ0n) is 10.8. The second kappa shape index (κ2) is 6.21. The second-order valence-electron chi connectivity index (χ2n) is 4.53. The van der Waals surface area contributed by atoms with E-state index in [-0.39, 0.29) is 5.56 Å². The van der Waals surface area contributed by atoms with Crippen molar-refractivity contribution >= 4 is 23.0 Å². The monoisotopic (exact) mass is 301 g/mol. The SMILES string of the molecule is CN(OS(=O)O)c1ccc(C(=O)O)cc1OCC1CC1. The number of rotatable bonds is 7. The van der Waals surface area contributed by atoms with Crippen LogP contribution in [0.15, 0.2) is 18.2 Å². The first-order valence-electron chi connectivity index (χ1n) is 6.00. The lowest BCUT2D eigenvalue weighted by Crippen LogP contribution is -2.20. The molecule has 0 aliphatic heterocycles. The van der Waals surface area contributed by atoms with Crippen molar-refractivity contribution in [2.75, 3.05) is 18.7 Å². The number of hydrogen-bond acceptors (Lipinski definition) is 5. The van der Waals surface area contributed by atoms with Crippen molar-refractivity contribution < 1.29 is 27.7 Å². The van der Waals surface area contributed by atoms with E-state index < -0.39 is 17.3 Å². The van der Waals surface area contributed by atoms with Crippen LogP contribution in [-0.2, 0) is 15.6 Å². The molecule has 0 amide bonds. The van der Waals surface area contributed by atoms with E-state index >= 15 is 0 Å². The van der Waals surface area contributed by atoms with Crippen LogP contribution in [0.4, 0.5) is 5.69 Å². The molecule has 1 fully saturated rings. The lowest BCUT2D eigenvalue weighted by molar-refractivity contribution is 0.0696. The summed E-state index contributed by atoms with van der Waals surface area (Å²) >= 11 is -2.46. The van der Waals surface area contributed by atoms with Gasteiger partial charge >= 0.3 is 17.3 Å². The highest BCUT2D eigenvalue weighted by atomic mass is 32.2. The number of benzene rings is 1. The fourth-order valence-corrected chi connectivity index (χ4v) is 1.92. The van der Waals surface area contributed by atoms with Crippen LogP contribution in [0.25, 0.3) is 0 Å². The van der Waals surface area contributed by atoms with Gasteiger partial charge in [-0.2, -0.15) is 4.21 Å². The Kier molecular flexibility index (Phi) is 4.58. The zero-order valence-corrected chi connectivity index (χ0v) is 11.6. The third kappa shape index (κ3) is 3.92. The Morgan fingerprint density at radius 2 is 2.20 bits per heavy atom. The standard InChI is InChI=1S/C12H15NO6S/c1-13(19-20(16)17)10-5-4-9(12(14)15)6-11(10)18-7-8-2-3-8/h4-6,8H,2-3,7H2,1H3,(H,14,15)(H,16,17). The third-order valence-corrected chi connectivity index (χ3v) is 3.24. The number of ether oxygens (including phenoxy) is 1. The Labute approximate surface area is 118 Å². The Morgan fingerprint density at radius 1 is 1.50 bits per heavy atom.